The fourth-order valence-electron chi connectivity index (χ4n) is 4.50. The van der Waals surface area contributed by atoms with Gasteiger partial charge in [0.25, 0.3) is 5.91 Å². The van der Waals surface area contributed by atoms with Crippen LogP contribution in [0, 0.1) is 6.92 Å². The lowest BCUT2D eigenvalue weighted by molar-refractivity contribution is -0.126. The number of anilines is 1. The van der Waals surface area contributed by atoms with Crippen LogP contribution in [0.1, 0.15) is 38.2 Å². The molecule has 1 aliphatic rings. The van der Waals surface area contributed by atoms with Crippen LogP contribution in [-0.4, -0.2) is 40.4 Å². The third-order valence-corrected chi connectivity index (χ3v) is 7.47. The van der Waals surface area contributed by atoms with Crippen molar-refractivity contribution >= 4 is 34.9 Å². The minimum absolute atomic E-state index is 0.195. The van der Waals surface area contributed by atoms with E-state index in [9.17, 15) is 14.4 Å². The molecule has 0 saturated carbocycles. The predicted molar refractivity (Wildman–Crippen MR) is 149 cm³/mol. The summed E-state index contributed by atoms with van der Waals surface area (Å²) in [7, 11) is 0. The van der Waals surface area contributed by atoms with Crippen molar-refractivity contribution in [1.29, 1.82) is 0 Å². The van der Waals surface area contributed by atoms with Gasteiger partial charge >= 0.3 is 6.09 Å². The van der Waals surface area contributed by atoms with Crippen LogP contribution in [0.3, 0.4) is 0 Å². The minimum Gasteiger partial charge on any atom is -0.438 e. The Morgan fingerprint density at radius 2 is 1.79 bits per heavy atom. The quantitative estimate of drug-likeness (QED) is 0.307. The van der Waals surface area contributed by atoms with Gasteiger partial charge in [-0.2, -0.15) is 0 Å². The zero-order valence-corrected chi connectivity index (χ0v) is 22.2. The van der Waals surface area contributed by atoms with Gasteiger partial charge < -0.3 is 15.4 Å². The Bertz CT molecular complexity index is 1440. The molecule has 3 heterocycles. The second-order valence-corrected chi connectivity index (χ2v) is 10.2. The maximum Gasteiger partial charge on any atom is 0.411 e. The van der Waals surface area contributed by atoms with E-state index in [0.29, 0.717) is 29.1 Å². The lowest BCUT2D eigenvalue weighted by Crippen LogP contribution is -2.46. The van der Waals surface area contributed by atoms with E-state index in [0.717, 1.165) is 16.8 Å². The van der Waals surface area contributed by atoms with Crippen LogP contribution in [0.25, 0.3) is 0 Å². The molecule has 0 bridgehead atoms. The van der Waals surface area contributed by atoms with Crippen LogP contribution < -0.4 is 10.6 Å². The Hall–Kier alpha value is -4.50. The second-order valence-electron chi connectivity index (χ2n) is 9.22. The molecule has 39 heavy (non-hydrogen) atoms. The fraction of sp³-hybridized carbons (Fsp3) is 0.200. The molecule has 2 aromatic carbocycles. The molecule has 2 N–H and O–H groups in total. The summed E-state index contributed by atoms with van der Waals surface area (Å²) in [6.45, 7) is 2.59. The Balaban J connectivity index is 1.35. The molecule has 198 valence electrons. The summed E-state index contributed by atoms with van der Waals surface area (Å²) in [5.41, 5.74) is 4.09. The van der Waals surface area contributed by atoms with Crippen LogP contribution >= 0.6 is 11.3 Å². The number of rotatable bonds is 9. The molecule has 1 aliphatic heterocycles. The molecule has 1 fully saturated rings. The molecular formula is C30H28N4O4S. The van der Waals surface area contributed by atoms with Crippen molar-refractivity contribution in [2.75, 3.05) is 11.9 Å². The zero-order valence-electron chi connectivity index (χ0n) is 21.4. The maximum absolute atomic E-state index is 13.5. The molecule has 1 saturated heterocycles. The van der Waals surface area contributed by atoms with Gasteiger partial charge in [-0.3, -0.25) is 19.5 Å². The summed E-state index contributed by atoms with van der Waals surface area (Å²) >= 11 is 1.36. The Morgan fingerprint density at radius 1 is 1.00 bits per heavy atom. The lowest BCUT2D eigenvalue weighted by atomic mass is 9.99. The number of benzene rings is 2. The topological polar surface area (TPSA) is 101 Å². The molecule has 0 radical (unpaired) electrons. The molecule has 0 aliphatic carbocycles. The van der Waals surface area contributed by atoms with Crippen molar-refractivity contribution in [3.63, 3.8) is 0 Å². The number of thiophene rings is 1. The molecule has 5 rings (SSSR count). The van der Waals surface area contributed by atoms with Crippen LogP contribution in [0.4, 0.5) is 10.5 Å². The van der Waals surface area contributed by atoms with Crippen LogP contribution in [0.15, 0.2) is 90.4 Å². The molecule has 3 amide bonds. The van der Waals surface area contributed by atoms with E-state index < -0.39 is 18.2 Å². The number of pyridine rings is 1. The molecule has 8 nitrogen and oxygen atoms in total. The molecule has 0 spiro atoms. The monoisotopic (exact) mass is 540 g/mol. The molecule has 2 aromatic heterocycles. The van der Waals surface area contributed by atoms with Crippen molar-refractivity contribution in [2.45, 2.75) is 32.0 Å². The number of carbonyl (C=O) groups is 3. The van der Waals surface area contributed by atoms with E-state index >= 15 is 0 Å². The number of aromatic nitrogens is 1. The first kappa shape index (κ1) is 26.1. The number of hydrogen-bond donors (Lipinski definition) is 2. The summed E-state index contributed by atoms with van der Waals surface area (Å²) in [6.07, 6.45) is 0.920. The highest BCUT2D eigenvalue weighted by molar-refractivity contribution is 7.12. The Morgan fingerprint density at radius 3 is 2.51 bits per heavy atom. The number of hydrogen-bond acceptors (Lipinski definition) is 6. The highest BCUT2D eigenvalue weighted by Gasteiger charge is 2.47. The van der Waals surface area contributed by atoms with Crippen LogP contribution in [-0.2, 0) is 22.5 Å². The summed E-state index contributed by atoms with van der Waals surface area (Å²) in [4.78, 5) is 45.4. The van der Waals surface area contributed by atoms with Gasteiger partial charge in [-0.05, 0) is 59.3 Å². The highest BCUT2D eigenvalue weighted by atomic mass is 32.1. The SMILES string of the molecule is Cc1ccccc1CN1C(=O)O[C@@H](c2ccc(NC(=O)c3cccs3)cc2)[C@@H]1C(=O)NCCc1ccccn1. The minimum atomic E-state index is -0.868. The van der Waals surface area contributed by atoms with Gasteiger partial charge in [-0.1, -0.05) is 48.5 Å². The van der Waals surface area contributed by atoms with E-state index in [4.69, 9.17) is 4.74 Å². The van der Waals surface area contributed by atoms with E-state index in [1.165, 1.54) is 16.2 Å². The molecular weight excluding hydrogens is 512 g/mol. The smallest absolute Gasteiger partial charge is 0.411 e. The van der Waals surface area contributed by atoms with E-state index in [2.05, 4.69) is 15.6 Å². The summed E-state index contributed by atoms with van der Waals surface area (Å²) in [5.74, 6) is -0.495. The number of nitrogens with one attached hydrogen (secondary N) is 2. The molecule has 4 aromatic rings. The summed E-state index contributed by atoms with van der Waals surface area (Å²) in [5, 5.41) is 7.68. The second kappa shape index (κ2) is 11.9. The standard InChI is InChI=1S/C30H28N4O4S/c1-20-7-2-3-8-22(20)19-34-26(29(36)32-17-15-23-9-4-5-16-31-23)27(38-30(34)37)21-11-13-24(14-12-21)33-28(35)25-10-6-18-39-25/h2-14,16,18,26-27H,15,17,19H2,1H3,(H,32,36)(H,33,35)/t26-,27+/m1/s1. The number of ether oxygens (including phenoxy) is 1. The number of cyclic esters (lactones) is 1. The molecule has 2 atom stereocenters. The number of aryl methyl sites for hydroxylation is 1. The van der Waals surface area contributed by atoms with Gasteiger partial charge in [0, 0.05) is 30.5 Å². The lowest BCUT2D eigenvalue weighted by Gasteiger charge is -2.25. The van der Waals surface area contributed by atoms with E-state index in [1.807, 2.05) is 60.8 Å². The van der Waals surface area contributed by atoms with E-state index in [1.54, 1.807) is 36.5 Å². The first-order valence-electron chi connectivity index (χ1n) is 12.6. The molecule has 9 heteroatoms. The van der Waals surface area contributed by atoms with Crippen molar-refractivity contribution in [1.82, 2.24) is 15.2 Å². The number of amides is 3. The van der Waals surface area contributed by atoms with Gasteiger partial charge in [0.2, 0.25) is 5.91 Å². The summed E-state index contributed by atoms with van der Waals surface area (Å²) < 4.78 is 5.78. The van der Waals surface area contributed by atoms with Crippen molar-refractivity contribution in [3.05, 3.63) is 118 Å². The van der Waals surface area contributed by atoms with Crippen molar-refractivity contribution < 1.29 is 19.1 Å². The van der Waals surface area contributed by atoms with Gasteiger partial charge in [0.1, 0.15) is 0 Å². The van der Waals surface area contributed by atoms with Crippen molar-refractivity contribution in [2.24, 2.45) is 0 Å². The van der Waals surface area contributed by atoms with Gasteiger partial charge in [-0.25, -0.2) is 4.79 Å². The first-order chi connectivity index (χ1) is 19.0. The zero-order chi connectivity index (χ0) is 27.2. The van der Waals surface area contributed by atoms with Gasteiger partial charge in [-0.15, -0.1) is 11.3 Å². The maximum atomic E-state index is 13.5. The van der Waals surface area contributed by atoms with E-state index in [-0.39, 0.29) is 18.4 Å². The normalized spacial score (nSPS) is 16.5. The molecule has 0 unspecified atom stereocenters. The van der Waals surface area contributed by atoms with Crippen LogP contribution in [0.5, 0.6) is 0 Å². The van der Waals surface area contributed by atoms with Crippen LogP contribution in [0.2, 0.25) is 0 Å². The average molecular weight is 541 g/mol. The number of carbonyl (C=O) groups excluding carboxylic acids is 3. The Labute approximate surface area is 230 Å². The Kier molecular flexibility index (Phi) is 7.98. The number of nitrogens with zero attached hydrogens (tertiary/aromatic N) is 2. The average Bonchev–Trinajstić information content (AvgIpc) is 3.60. The summed E-state index contributed by atoms with van der Waals surface area (Å²) in [6, 6.07) is 23.1. The highest BCUT2D eigenvalue weighted by Crippen LogP contribution is 2.35. The van der Waals surface area contributed by atoms with Crippen molar-refractivity contribution in [3.8, 4) is 0 Å². The van der Waals surface area contributed by atoms with Gasteiger partial charge in [0.05, 0.1) is 11.4 Å². The fourth-order valence-corrected chi connectivity index (χ4v) is 5.12. The third kappa shape index (κ3) is 6.15. The van der Waals surface area contributed by atoms with Gasteiger partial charge in [0.15, 0.2) is 12.1 Å². The largest absolute Gasteiger partial charge is 0.438 e. The predicted octanol–water partition coefficient (Wildman–Crippen LogP) is 5.12. The third-order valence-electron chi connectivity index (χ3n) is 6.60. The first-order valence-corrected chi connectivity index (χ1v) is 13.5.